The minimum Gasteiger partial charge on any atom is -0.423 e. The van der Waals surface area contributed by atoms with E-state index < -0.39 is 23.7 Å². The second-order valence-electron chi connectivity index (χ2n) is 8.12. The van der Waals surface area contributed by atoms with Gasteiger partial charge in [0.15, 0.2) is 0 Å². The lowest BCUT2D eigenvalue weighted by Gasteiger charge is -2.10. The monoisotopic (exact) mass is 514 g/mol. The summed E-state index contributed by atoms with van der Waals surface area (Å²) in [4.78, 5) is 23.4. The first-order chi connectivity index (χ1) is 17.9. The van der Waals surface area contributed by atoms with Crippen molar-refractivity contribution < 1.29 is 32.2 Å². The molecular formula is C31H21F3O4. The zero-order valence-electron chi connectivity index (χ0n) is 20.5. The van der Waals surface area contributed by atoms with E-state index in [1.165, 1.54) is 50.2 Å². The number of halogens is 3. The Morgan fingerprint density at radius 1 is 0.711 bits per heavy atom. The lowest BCUT2D eigenvalue weighted by molar-refractivity contribution is -0.137. The number of rotatable bonds is 4. The summed E-state index contributed by atoms with van der Waals surface area (Å²) in [6, 6.07) is 16.1. The van der Waals surface area contributed by atoms with Crippen molar-refractivity contribution in [3.05, 3.63) is 119 Å². The van der Waals surface area contributed by atoms with Crippen LogP contribution in [-0.4, -0.2) is 11.9 Å². The first-order valence-corrected chi connectivity index (χ1v) is 11.1. The molecule has 0 saturated carbocycles. The molecule has 0 fully saturated rings. The van der Waals surface area contributed by atoms with Gasteiger partial charge in [-0.1, -0.05) is 49.0 Å². The standard InChI is InChI=1S/C31H21F3O4/c1-20(2)29(35)37-26-17-12-22(13-18-26)9-10-23-11-14-24(27(19-23)31(32,33)34)15-16-25-7-5-6-8-28(25)38-30(36)21(3)4/h5-8,11-14,17-19H,1,3H2,2,4H3. The summed E-state index contributed by atoms with van der Waals surface area (Å²) in [5.41, 5.74) is 0.110. The maximum absolute atomic E-state index is 13.8. The van der Waals surface area contributed by atoms with Gasteiger partial charge in [0, 0.05) is 27.8 Å². The molecule has 3 rings (SSSR count). The lowest BCUT2D eigenvalue weighted by atomic mass is 10.0. The Labute approximate surface area is 218 Å². The Hall–Kier alpha value is -5.01. The number of alkyl halides is 3. The van der Waals surface area contributed by atoms with Crippen molar-refractivity contribution in [2.24, 2.45) is 0 Å². The fourth-order valence-electron chi connectivity index (χ4n) is 2.89. The molecule has 38 heavy (non-hydrogen) atoms. The summed E-state index contributed by atoms with van der Waals surface area (Å²) >= 11 is 0. The zero-order valence-corrected chi connectivity index (χ0v) is 20.5. The summed E-state index contributed by atoms with van der Waals surface area (Å²) in [6.45, 7) is 10.0. The molecule has 0 radical (unpaired) electrons. The number of carbonyl (C=O) groups excluding carboxylic acids is 2. The average molecular weight is 514 g/mol. The van der Waals surface area contributed by atoms with Gasteiger partial charge in [-0.2, -0.15) is 13.2 Å². The van der Waals surface area contributed by atoms with Crippen LogP contribution in [0.5, 0.6) is 11.5 Å². The summed E-state index contributed by atoms with van der Waals surface area (Å²) in [6.07, 6.45) is -4.68. The predicted molar refractivity (Wildman–Crippen MR) is 137 cm³/mol. The number of hydrogen-bond acceptors (Lipinski definition) is 4. The highest BCUT2D eigenvalue weighted by molar-refractivity contribution is 5.89. The molecule has 4 nitrogen and oxygen atoms in total. The van der Waals surface area contributed by atoms with E-state index in [1.54, 1.807) is 24.3 Å². The van der Waals surface area contributed by atoms with Crippen molar-refractivity contribution in [1.82, 2.24) is 0 Å². The maximum atomic E-state index is 13.8. The van der Waals surface area contributed by atoms with E-state index in [-0.39, 0.29) is 33.6 Å². The van der Waals surface area contributed by atoms with Crippen LogP contribution in [-0.2, 0) is 15.8 Å². The molecule has 0 saturated heterocycles. The Morgan fingerprint density at radius 3 is 1.89 bits per heavy atom. The van der Waals surface area contributed by atoms with E-state index >= 15 is 0 Å². The molecule has 0 heterocycles. The number of ether oxygens (including phenoxy) is 2. The van der Waals surface area contributed by atoms with Crippen LogP contribution in [0.4, 0.5) is 13.2 Å². The van der Waals surface area contributed by atoms with Crippen LogP contribution in [0.1, 0.15) is 41.7 Å². The first kappa shape index (κ1) is 27.6. The van der Waals surface area contributed by atoms with Crippen molar-refractivity contribution in [3.8, 4) is 35.2 Å². The van der Waals surface area contributed by atoms with Gasteiger partial charge in [0.05, 0.1) is 11.1 Å². The highest BCUT2D eigenvalue weighted by Crippen LogP contribution is 2.32. The van der Waals surface area contributed by atoms with Crippen LogP contribution in [0.2, 0.25) is 0 Å². The van der Waals surface area contributed by atoms with Crippen molar-refractivity contribution in [2.45, 2.75) is 20.0 Å². The van der Waals surface area contributed by atoms with Gasteiger partial charge in [-0.25, -0.2) is 9.59 Å². The van der Waals surface area contributed by atoms with Gasteiger partial charge in [-0.15, -0.1) is 0 Å². The maximum Gasteiger partial charge on any atom is 0.417 e. The minimum absolute atomic E-state index is 0.115. The number of benzene rings is 3. The van der Waals surface area contributed by atoms with Crippen LogP contribution >= 0.6 is 0 Å². The molecule has 0 atom stereocenters. The second kappa shape index (κ2) is 11.8. The first-order valence-electron chi connectivity index (χ1n) is 11.1. The molecule has 0 aliphatic rings. The van der Waals surface area contributed by atoms with Crippen LogP contribution in [0.15, 0.2) is 91.0 Å². The lowest BCUT2D eigenvalue weighted by Crippen LogP contribution is -2.09. The molecule has 0 bridgehead atoms. The van der Waals surface area contributed by atoms with E-state index in [9.17, 15) is 22.8 Å². The fraction of sp³-hybridized carbons (Fsp3) is 0.0968. The van der Waals surface area contributed by atoms with E-state index in [0.29, 0.717) is 11.3 Å². The predicted octanol–water partition coefficient (Wildman–Crippen LogP) is 6.47. The zero-order chi connectivity index (χ0) is 27.9. The number of carbonyl (C=O) groups is 2. The van der Waals surface area contributed by atoms with Crippen LogP contribution < -0.4 is 9.47 Å². The Bertz CT molecular complexity index is 1540. The van der Waals surface area contributed by atoms with E-state index in [4.69, 9.17) is 9.47 Å². The van der Waals surface area contributed by atoms with Crippen molar-refractivity contribution in [2.75, 3.05) is 0 Å². The van der Waals surface area contributed by atoms with Gasteiger partial charge in [-0.05, 0) is 68.4 Å². The van der Waals surface area contributed by atoms with E-state index in [0.717, 1.165) is 6.07 Å². The summed E-state index contributed by atoms with van der Waals surface area (Å²) in [5, 5.41) is 0. The van der Waals surface area contributed by atoms with Crippen molar-refractivity contribution >= 4 is 11.9 Å². The third kappa shape index (κ3) is 7.49. The highest BCUT2D eigenvalue weighted by atomic mass is 19.4. The van der Waals surface area contributed by atoms with Gasteiger partial charge in [-0.3, -0.25) is 0 Å². The SMILES string of the molecule is C=C(C)C(=O)Oc1ccc(C#Cc2ccc(C#Cc3ccccc3OC(=O)C(=C)C)c(C(F)(F)F)c2)cc1. The summed E-state index contributed by atoms with van der Waals surface area (Å²) < 4.78 is 51.8. The van der Waals surface area contributed by atoms with Gasteiger partial charge in [0.25, 0.3) is 0 Å². The van der Waals surface area contributed by atoms with Gasteiger partial charge < -0.3 is 9.47 Å². The Balaban J connectivity index is 1.88. The number of esters is 2. The Morgan fingerprint density at radius 2 is 1.26 bits per heavy atom. The molecule has 7 heteroatoms. The third-order valence-electron chi connectivity index (χ3n) is 4.86. The molecule has 190 valence electrons. The van der Waals surface area contributed by atoms with E-state index in [1.807, 2.05) is 0 Å². The Kier molecular flexibility index (Phi) is 8.57. The van der Waals surface area contributed by atoms with E-state index in [2.05, 4.69) is 36.8 Å². The van der Waals surface area contributed by atoms with Crippen LogP contribution in [0.3, 0.4) is 0 Å². The van der Waals surface area contributed by atoms with Crippen LogP contribution in [0, 0.1) is 23.7 Å². The summed E-state index contributed by atoms with van der Waals surface area (Å²) in [5.74, 6) is 9.86. The summed E-state index contributed by atoms with van der Waals surface area (Å²) in [7, 11) is 0. The molecule has 0 aliphatic heterocycles. The number of para-hydroxylation sites is 1. The molecule has 3 aromatic rings. The quantitative estimate of drug-likeness (QED) is 0.173. The normalized spacial score (nSPS) is 10.2. The molecule has 0 aromatic heterocycles. The van der Waals surface area contributed by atoms with Crippen molar-refractivity contribution in [1.29, 1.82) is 0 Å². The smallest absolute Gasteiger partial charge is 0.417 e. The van der Waals surface area contributed by atoms with Crippen LogP contribution in [0.25, 0.3) is 0 Å². The molecule has 0 spiro atoms. The molecule has 0 unspecified atom stereocenters. The third-order valence-corrected chi connectivity index (χ3v) is 4.86. The molecule has 0 N–H and O–H groups in total. The average Bonchev–Trinajstić information content (AvgIpc) is 2.87. The molecule has 0 amide bonds. The van der Waals surface area contributed by atoms with Gasteiger partial charge in [0.2, 0.25) is 0 Å². The van der Waals surface area contributed by atoms with Crippen molar-refractivity contribution in [3.63, 3.8) is 0 Å². The molecular weight excluding hydrogens is 493 g/mol. The second-order valence-corrected chi connectivity index (χ2v) is 8.12. The topological polar surface area (TPSA) is 52.6 Å². The van der Waals surface area contributed by atoms with Gasteiger partial charge >= 0.3 is 18.1 Å². The molecule has 0 aliphatic carbocycles. The highest BCUT2D eigenvalue weighted by Gasteiger charge is 2.33. The number of hydrogen-bond donors (Lipinski definition) is 0. The largest absolute Gasteiger partial charge is 0.423 e. The molecule has 3 aromatic carbocycles. The van der Waals surface area contributed by atoms with Gasteiger partial charge in [0.1, 0.15) is 11.5 Å². The minimum atomic E-state index is -4.68. The fourth-order valence-corrected chi connectivity index (χ4v) is 2.89.